The van der Waals surface area contributed by atoms with E-state index >= 15 is 0 Å². The summed E-state index contributed by atoms with van der Waals surface area (Å²) in [7, 11) is 0. The summed E-state index contributed by atoms with van der Waals surface area (Å²) in [5, 5.41) is 4.40. The standard InChI is InChI=1S/C17H19N5O/c1-12(2)22-17(23-11-13-6-4-3-5-7-13)14(10-20-22)16-19-9-8-15(18)21-16/h3-10,12H,11H2,1-2H3,(H2,18,19,21). The van der Waals surface area contributed by atoms with Gasteiger partial charge in [-0.05, 0) is 25.5 Å². The van der Waals surface area contributed by atoms with Crippen molar-refractivity contribution in [3.05, 3.63) is 54.4 Å². The monoisotopic (exact) mass is 309 g/mol. The van der Waals surface area contributed by atoms with Gasteiger partial charge in [0.1, 0.15) is 18.0 Å². The van der Waals surface area contributed by atoms with E-state index in [2.05, 4.69) is 15.1 Å². The van der Waals surface area contributed by atoms with Gasteiger partial charge in [-0.15, -0.1) is 0 Å². The number of nitrogen functional groups attached to an aromatic ring is 1. The lowest BCUT2D eigenvalue weighted by atomic mass is 10.2. The summed E-state index contributed by atoms with van der Waals surface area (Å²) in [5.74, 6) is 1.58. The zero-order valence-electron chi connectivity index (χ0n) is 13.2. The van der Waals surface area contributed by atoms with Gasteiger partial charge < -0.3 is 10.5 Å². The van der Waals surface area contributed by atoms with Crippen LogP contribution in [-0.2, 0) is 6.61 Å². The maximum absolute atomic E-state index is 6.03. The highest BCUT2D eigenvalue weighted by molar-refractivity contribution is 5.62. The Kier molecular flexibility index (Phi) is 4.23. The Morgan fingerprint density at radius 1 is 1.17 bits per heavy atom. The Bertz CT molecular complexity index is 783. The molecule has 0 amide bonds. The molecule has 3 aromatic rings. The number of hydrogen-bond acceptors (Lipinski definition) is 5. The molecule has 0 aliphatic heterocycles. The molecule has 2 aromatic heterocycles. The second-order valence-corrected chi connectivity index (χ2v) is 5.48. The van der Waals surface area contributed by atoms with E-state index in [1.54, 1.807) is 18.5 Å². The Balaban J connectivity index is 1.94. The molecule has 6 nitrogen and oxygen atoms in total. The summed E-state index contributed by atoms with van der Waals surface area (Å²) >= 11 is 0. The van der Waals surface area contributed by atoms with E-state index in [1.165, 1.54) is 0 Å². The zero-order chi connectivity index (χ0) is 16.2. The van der Waals surface area contributed by atoms with Crippen molar-refractivity contribution in [2.24, 2.45) is 0 Å². The van der Waals surface area contributed by atoms with Crippen LogP contribution in [0.3, 0.4) is 0 Å². The molecule has 0 saturated carbocycles. The summed E-state index contributed by atoms with van der Waals surface area (Å²) in [5.41, 5.74) is 7.58. The van der Waals surface area contributed by atoms with Crippen LogP contribution in [0.1, 0.15) is 25.5 Å². The van der Waals surface area contributed by atoms with Gasteiger partial charge >= 0.3 is 0 Å². The van der Waals surface area contributed by atoms with E-state index < -0.39 is 0 Å². The lowest BCUT2D eigenvalue weighted by Crippen LogP contribution is -2.08. The van der Waals surface area contributed by atoms with Gasteiger partial charge in [0.05, 0.1) is 12.2 Å². The molecule has 6 heteroatoms. The molecule has 0 bridgehead atoms. The summed E-state index contributed by atoms with van der Waals surface area (Å²) in [4.78, 5) is 8.54. The molecule has 0 atom stereocenters. The second-order valence-electron chi connectivity index (χ2n) is 5.48. The molecule has 118 valence electrons. The molecule has 0 spiro atoms. The third-order valence-electron chi connectivity index (χ3n) is 3.38. The predicted molar refractivity (Wildman–Crippen MR) is 88.8 cm³/mol. The minimum absolute atomic E-state index is 0.163. The van der Waals surface area contributed by atoms with Gasteiger partial charge in [0.25, 0.3) is 0 Å². The summed E-state index contributed by atoms with van der Waals surface area (Å²) in [6.07, 6.45) is 3.35. The van der Waals surface area contributed by atoms with E-state index in [1.807, 2.05) is 48.9 Å². The minimum atomic E-state index is 0.163. The molecule has 2 N–H and O–H groups in total. The fourth-order valence-electron chi connectivity index (χ4n) is 2.24. The number of nitrogens with two attached hydrogens (primary N) is 1. The Morgan fingerprint density at radius 3 is 2.65 bits per heavy atom. The fourth-order valence-corrected chi connectivity index (χ4v) is 2.24. The predicted octanol–water partition coefficient (Wildman–Crippen LogP) is 3.08. The van der Waals surface area contributed by atoms with Crippen LogP contribution in [0.2, 0.25) is 0 Å². The summed E-state index contributed by atoms with van der Waals surface area (Å²) < 4.78 is 7.85. The van der Waals surface area contributed by atoms with E-state index in [0.29, 0.717) is 24.1 Å². The molecule has 0 fully saturated rings. The van der Waals surface area contributed by atoms with Crippen molar-refractivity contribution < 1.29 is 4.74 Å². The van der Waals surface area contributed by atoms with E-state index in [4.69, 9.17) is 10.5 Å². The number of anilines is 1. The first kappa shape index (κ1) is 15.0. The Morgan fingerprint density at radius 2 is 1.96 bits per heavy atom. The highest BCUT2D eigenvalue weighted by atomic mass is 16.5. The lowest BCUT2D eigenvalue weighted by molar-refractivity contribution is 0.266. The quantitative estimate of drug-likeness (QED) is 0.783. The van der Waals surface area contributed by atoms with Crippen LogP contribution in [0.5, 0.6) is 5.88 Å². The number of hydrogen-bond donors (Lipinski definition) is 1. The normalized spacial score (nSPS) is 10.9. The van der Waals surface area contributed by atoms with Gasteiger partial charge in [-0.25, -0.2) is 14.6 Å². The molecule has 3 rings (SSSR count). The smallest absolute Gasteiger partial charge is 0.223 e. The van der Waals surface area contributed by atoms with Crippen LogP contribution >= 0.6 is 0 Å². The maximum Gasteiger partial charge on any atom is 0.223 e. The van der Waals surface area contributed by atoms with Crippen LogP contribution in [0.15, 0.2) is 48.8 Å². The lowest BCUT2D eigenvalue weighted by Gasteiger charge is -2.13. The van der Waals surface area contributed by atoms with E-state index in [-0.39, 0.29) is 6.04 Å². The SMILES string of the molecule is CC(C)n1ncc(-c2nccc(N)n2)c1OCc1ccccc1. The zero-order valence-corrected chi connectivity index (χ0v) is 13.2. The number of ether oxygens (including phenoxy) is 1. The van der Waals surface area contributed by atoms with Crippen LogP contribution in [0.4, 0.5) is 5.82 Å². The molecular formula is C17H19N5O. The van der Waals surface area contributed by atoms with Gasteiger partial charge in [0.15, 0.2) is 5.82 Å². The minimum Gasteiger partial charge on any atom is -0.472 e. The van der Waals surface area contributed by atoms with Crippen molar-refractivity contribution in [2.45, 2.75) is 26.5 Å². The molecule has 1 aromatic carbocycles. The fraction of sp³-hybridized carbons (Fsp3) is 0.235. The van der Waals surface area contributed by atoms with Crippen molar-refractivity contribution in [2.75, 3.05) is 5.73 Å². The summed E-state index contributed by atoms with van der Waals surface area (Å²) in [6, 6.07) is 11.8. The molecule has 0 aliphatic rings. The second kappa shape index (κ2) is 6.48. The first-order valence-electron chi connectivity index (χ1n) is 7.48. The van der Waals surface area contributed by atoms with Gasteiger partial charge in [0.2, 0.25) is 5.88 Å². The van der Waals surface area contributed by atoms with E-state index in [9.17, 15) is 0 Å². The molecule has 23 heavy (non-hydrogen) atoms. The van der Waals surface area contributed by atoms with Crippen molar-refractivity contribution in [3.63, 3.8) is 0 Å². The van der Waals surface area contributed by atoms with Crippen LogP contribution in [0, 0.1) is 0 Å². The number of aromatic nitrogens is 4. The molecule has 2 heterocycles. The maximum atomic E-state index is 6.03. The molecule has 0 unspecified atom stereocenters. The highest BCUT2D eigenvalue weighted by Gasteiger charge is 2.18. The van der Waals surface area contributed by atoms with Crippen molar-refractivity contribution in [1.82, 2.24) is 19.7 Å². The number of rotatable bonds is 5. The first-order chi connectivity index (χ1) is 11.1. The average molecular weight is 309 g/mol. The molecule has 0 radical (unpaired) electrons. The third kappa shape index (κ3) is 3.31. The molecule has 0 saturated heterocycles. The van der Waals surface area contributed by atoms with Gasteiger partial charge in [0, 0.05) is 6.20 Å². The van der Waals surface area contributed by atoms with Gasteiger partial charge in [-0.1, -0.05) is 30.3 Å². The van der Waals surface area contributed by atoms with Crippen molar-refractivity contribution in [1.29, 1.82) is 0 Å². The first-order valence-corrected chi connectivity index (χ1v) is 7.48. The highest BCUT2D eigenvalue weighted by Crippen LogP contribution is 2.30. The Labute approximate surface area is 135 Å². The largest absolute Gasteiger partial charge is 0.472 e. The van der Waals surface area contributed by atoms with Crippen molar-refractivity contribution >= 4 is 5.82 Å². The van der Waals surface area contributed by atoms with Crippen molar-refractivity contribution in [3.8, 4) is 17.3 Å². The van der Waals surface area contributed by atoms with Gasteiger partial charge in [-0.3, -0.25) is 0 Å². The van der Waals surface area contributed by atoms with Crippen LogP contribution < -0.4 is 10.5 Å². The third-order valence-corrected chi connectivity index (χ3v) is 3.38. The number of nitrogens with zero attached hydrogens (tertiary/aromatic N) is 4. The molecular weight excluding hydrogens is 290 g/mol. The van der Waals surface area contributed by atoms with E-state index in [0.717, 1.165) is 11.1 Å². The number of benzene rings is 1. The topological polar surface area (TPSA) is 78.9 Å². The Hall–Kier alpha value is -2.89. The summed E-state index contributed by atoms with van der Waals surface area (Å²) in [6.45, 7) is 4.55. The van der Waals surface area contributed by atoms with Crippen LogP contribution in [-0.4, -0.2) is 19.7 Å². The average Bonchev–Trinajstić information content (AvgIpc) is 2.98. The van der Waals surface area contributed by atoms with Crippen LogP contribution in [0.25, 0.3) is 11.4 Å². The molecule has 0 aliphatic carbocycles. The van der Waals surface area contributed by atoms with Gasteiger partial charge in [-0.2, -0.15) is 5.10 Å².